The van der Waals surface area contributed by atoms with Gasteiger partial charge in [-0.25, -0.2) is 0 Å². The number of halogens is 1. The van der Waals surface area contributed by atoms with Crippen molar-refractivity contribution < 1.29 is 19.0 Å². The van der Waals surface area contributed by atoms with E-state index < -0.39 is 8.32 Å². The maximum absolute atomic E-state index is 9.14. The average Bonchev–Trinajstić information content (AvgIpc) is 2.58. The van der Waals surface area contributed by atoms with Crippen molar-refractivity contribution in [1.82, 2.24) is 0 Å². The number of hydrogen-bond donors (Lipinski definition) is 1. The van der Waals surface area contributed by atoms with Crippen molar-refractivity contribution in [2.45, 2.75) is 64.5 Å². The van der Waals surface area contributed by atoms with Crippen LogP contribution < -0.4 is 4.74 Å². The van der Waals surface area contributed by atoms with Gasteiger partial charge >= 0.3 is 0 Å². The Morgan fingerprint density at radius 1 is 1.22 bits per heavy atom. The van der Waals surface area contributed by atoms with E-state index in [9.17, 15) is 0 Å². The van der Waals surface area contributed by atoms with Gasteiger partial charge in [0, 0.05) is 13.0 Å². The van der Waals surface area contributed by atoms with Crippen LogP contribution in [0, 0.1) is 0 Å². The van der Waals surface area contributed by atoms with E-state index in [0.29, 0.717) is 13.2 Å². The molecule has 0 fully saturated rings. The summed E-state index contributed by atoms with van der Waals surface area (Å²) in [6.07, 6.45) is 3.62. The highest BCUT2D eigenvalue weighted by Crippen LogP contribution is 2.38. The topological polar surface area (TPSA) is 47.9 Å². The molecule has 0 spiro atoms. The van der Waals surface area contributed by atoms with E-state index in [0.717, 1.165) is 27.7 Å². The van der Waals surface area contributed by atoms with Crippen molar-refractivity contribution in [2.24, 2.45) is 0 Å². The Labute approximate surface area is 179 Å². The maximum Gasteiger partial charge on any atom is 0.192 e. The molecule has 0 saturated heterocycles. The second-order valence-electron chi connectivity index (χ2n) is 8.23. The molecule has 1 unspecified atom stereocenters. The number of methoxy groups -OCH3 is 1. The summed E-state index contributed by atoms with van der Waals surface area (Å²) in [6, 6.07) is 7.94. The molecule has 0 radical (unpaired) electrons. The molecule has 154 valence electrons. The smallest absolute Gasteiger partial charge is 0.192 e. The fourth-order valence-corrected chi connectivity index (χ4v) is 4.40. The van der Waals surface area contributed by atoms with Crippen LogP contribution in [0.5, 0.6) is 5.75 Å². The molecule has 0 amide bonds. The van der Waals surface area contributed by atoms with Crippen molar-refractivity contribution in [1.29, 1.82) is 0 Å². The summed E-state index contributed by atoms with van der Waals surface area (Å²) in [7, 11) is -0.188. The minimum atomic E-state index is -1.85. The monoisotopic (exact) mass is 506 g/mol. The standard InChI is InChI=1S/C21H35IO4Si/c1-21(2,3)27(5,6)26-20(15-18(22)11-13-23)12-14-25-16-17-7-9-19(24-4)10-8-17/h7-11,20,23H,12-16H2,1-6H3. The summed E-state index contributed by atoms with van der Waals surface area (Å²) >= 11 is 2.29. The Kier molecular flexibility index (Phi) is 10.5. The zero-order valence-electron chi connectivity index (χ0n) is 17.5. The number of hydrogen-bond acceptors (Lipinski definition) is 4. The van der Waals surface area contributed by atoms with Crippen LogP contribution in [-0.4, -0.2) is 39.9 Å². The normalized spacial score (nSPS) is 14.3. The molecule has 0 heterocycles. The molecular weight excluding hydrogens is 471 g/mol. The molecule has 0 bridgehead atoms. The van der Waals surface area contributed by atoms with Crippen molar-refractivity contribution >= 4 is 30.9 Å². The molecule has 6 heteroatoms. The van der Waals surface area contributed by atoms with Crippen LogP contribution >= 0.6 is 22.6 Å². The minimum Gasteiger partial charge on any atom is -0.497 e. The second-order valence-corrected chi connectivity index (χ2v) is 14.4. The third kappa shape index (κ3) is 9.08. The molecule has 1 N–H and O–H groups in total. The van der Waals surface area contributed by atoms with E-state index in [4.69, 9.17) is 19.0 Å². The molecule has 1 aromatic carbocycles. The zero-order chi connectivity index (χ0) is 20.5. The van der Waals surface area contributed by atoms with E-state index in [2.05, 4.69) is 56.5 Å². The molecule has 0 aliphatic heterocycles. The first kappa shape index (κ1) is 24.6. The van der Waals surface area contributed by atoms with Crippen LogP contribution in [0.25, 0.3) is 0 Å². The van der Waals surface area contributed by atoms with Gasteiger partial charge < -0.3 is 19.0 Å². The van der Waals surface area contributed by atoms with Gasteiger partial charge in [-0.05, 0) is 74.5 Å². The zero-order valence-corrected chi connectivity index (χ0v) is 20.7. The number of aliphatic hydroxyl groups is 1. The summed E-state index contributed by atoms with van der Waals surface area (Å²) < 4.78 is 18.8. The summed E-state index contributed by atoms with van der Waals surface area (Å²) in [5, 5.41) is 9.31. The van der Waals surface area contributed by atoms with Gasteiger partial charge in [0.15, 0.2) is 8.32 Å². The summed E-state index contributed by atoms with van der Waals surface area (Å²) in [4.78, 5) is 0. The first-order chi connectivity index (χ1) is 12.6. The van der Waals surface area contributed by atoms with E-state index in [1.807, 2.05) is 30.3 Å². The lowest BCUT2D eigenvalue weighted by Gasteiger charge is -2.39. The fourth-order valence-electron chi connectivity index (χ4n) is 2.32. The SMILES string of the molecule is COc1ccc(COCCC(CC(I)=CCO)O[Si](C)(C)C(C)(C)C)cc1. The predicted molar refractivity (Wildman–Crippen MR) is 123 cm³/mol. The second kappa shape index (κ2) is 11.6. The Morgan fingerprint density at radius 3 is 2.37 bits per heavy atom. The van der Waals surface area contributed by atoms with Crippen LogP contribution in [0.4, 0.5) is 0 Å². The Morgan fingerprint density at radius 2 is 1.85 bits per heavy atom. The highest BCUT2D eigenvalue weighted by atomic mass is 127. The molecule has 0 aliphatic carbocycles. The van der Waals surface area contributed by atoms with Crippen molar-refractivity contribution in [2.75, 3.05) is 20.3 Å². The molecular formula is C21H35IO4Si. The van der Waals surface area contributed by atoms with E-state index in [1.165, 1.54) is 0 Å². The lowest BCUT2D eigenvalue weighted by molar-refractivity contribution is 0.0781. The lowest BCUT2D eigenvalue weighted by Crippen LogP contribution is -2.44. The van der Waals surface area contributed by atoms with Crippen LogP contribution in [0.1, 0.15) is 39.2 Å². The molecule has 1 aromatic rings. The van der Waals surface area contributed by atoms with Gasteiger partial charge in [0.05, 0.1) is 26.4 Å². The van der Waals surface area contributed by atoms with Crippen LogP contribution in [0.3, 0.4) is 0 Å². The van der Waals surface area contributed by atoms with Crippen LogP contribution in [0.2, 0.25) is 18.1 Å². The Hall–Kier alpha value is -0.413. The first-order valence-corrected chi connectivity index (χ1v) is 13.4. The van der Waals surface area contributed by atoms with E-state index >= 15 is 0 Å². The van der Waals surface area contributed by atoms with Gasteiger partial charge in [0.25, 0.3) is 0 Å². The van der Waals surface area contributed by atoms with Gasteiger partial charge in [-0.1, -0.05) is 32.9 Å². The van der Waals surface area contributed by atoms with Crippen molar-refractivity contribution in [3.8, 4) is 5.75 Å². The van der Waals surface area contributed by atoms with Crippen molar-refractivity contribution in [3.63, 3.8) is 0 Å². The van der Waals surface area contributed by atoms with Gasteiger partial charge in [-0.15, -0.1) is 0 Å². The molecule has 0 saturated carbocycles. The van der Waals surface area contributed by atoms with Gasteiger partial charge in [-0.3, -0.25) is 0 Å². The summed E-state index contributed by atoms with van der Waals surface area (Å²) in [5.41, 5.74) is 1.13. The number of rotatable bonds is 11. The molecule has 1 atom stereocenters. The molecule has 27 heavy (non-hydrogen) atoms. The van der Waals surface area contributed by atoms with Gasteiger partial charge in [0.2, 0.25) is 0 Å². The molecule has 0 aliphatic rings. The first-order valence-electron chi connectivity index (χ1n) is 9.43. The molecule has 1 rings (SSSR count). The lowest BCUT2D eigenvalue weighted by atomic mass is 10.2. The van der Waals surface area contributed by atoms with E-state index in [1.54, 1.807) is 7.11 Å². The third-order valence-corrected chi connectivity index (χ3v) is 10.4. The molecule has 4 nitrogen and oxygen atoms in total. The summed E-state index contributed by atoms with van der Waals surface area (Å²) in [5.74, 6) is 0.854. The average molecular weight is 506 g/mol. The maximum atomic E-state index is 9.14. The fraction of sp³-hybridized carbons (Fsp3) is 0.619. The third-order valence-electron chi connectivity index (χ3n) is 5.01. The number of benzene rings is 1. The Bertz CT molecular complexity index is 579. The highest BCUT2D eigenvalue weighted by Gasteiger charge is 2.39. The highest BCUT2D eigenvalue weighted by molar-refractivity contribution is 14.1. The summed E-state index contributed by atoms with van der Waals surface area (Å²) in [6.45, 7) is 12.6. The quantitative estimate of drug-likeness (QED) is 0.238. The van der Waals surface area contributed by atoms with Gasteiger partial charge in [-0.2, -0.15) is 0 Å². The minimum absolute atomic E-state index is 0.0685. The largest absolute Gasteiger partial charge is 0.497 e. The van der Waals surface area contributed by atoms with Crippen LogP contribution in [0.15, 0.2) is 33.9 Å². The number of ether oxygens (including phenoxy) is 2. The van der Waals surface area contributed by atoms with Crippen molar-refractivity contribution in [3.05, 3.63) is 39.5 Å². The van der Waals surface area contributed by atoms with Gasteiger partial charge in [0.1, 0.15) is 5.75 Å². The number of aliphatic hydroxyl groups excluding tert-OH is 1. The predicted octanol–water partition coefficient (Wildman–Crippen LogP) is 5.69. The molecule has 0 aromatic heterocycles. The Balaban J connectivity index is 2.60. The van der Waals surface area contributed by atoms with E-state index in [-0.39, 0.29) is 17.7 Å². The van der Waals surface area contributed by atoms with Crippen LogP contribution in [-0.2, 0) is 15.8 Å².